The lowest BCUT2D eigenvalue weighted by atomic mass is 10.2. The van der Waals surface area contributed by atoms with E-state index in [2.05, 4.69) is 41.7 Å². The Kier molecular flexibility index (Phi) is 4.63. The lowest BCUT2D eigenvalue weighted by Gasteiger charge is -2.16. The molecule has 2 rings (SSSR count). The second-order valence-electron chi connectivity index (χ2n) is 5.11. The number of hydrogen-bond donors (Lipinski definition) is 0. The maximum Gasteiger partial charge on any atom is 0.227 e. The summed E-state index contributed by atoms with van der Waals surface area (Å²) in [5.74, 6) is 1.22. The van der Waals surface area contributed by atoms with Crippen LogP contribution >= 0.6 is 22.9 Å². The first-order valence-corrected chi connectivity index (χ1v) is 7.90. The van der Waals surface area contributed by atoms with Gasteiger partial charge in [-0.3, -0.25) is 0 Å². The van der Waals surface area contributed by atoms with Gasteiger partial charge in [0.15, 0.2) is 0 Å². The zero-order valence-electron chi connectivity index (χ0n) is 11.9. The summed E-state index contributed by atoms with van der Waals surface area (Å²) in [6.07, 6.45) is 2.30. The van der Waals surface area contributed by atoms with Crippen LogP contribution in [0.15, 0.2) is 6.07 Å². The fourth-order valence-electron chi connectivity index (χ4n) is 1.85. The molecule has 0 atom stereocenters. The van der Waals surface area contributed by atoms with Crippen LogP contribution in [0.3, 0.4) is 0 Å². The van der Waals surface area contributed by atoms with Crippen molar-refractivity contribution < 1.29 is 0 Å². The first-order chi connectivity index (χ1) is 9.02. The Morgan fingerprint density at radius 1 is 1.37 bits per heavy atom. The molecular weight excluding hydrogens is 278 g/mol. The fraction of sp³-hybridized carbons (Fsp3) is 0.571. The van der Waals surface area contributed by atoms with Crippen molar-refractivity contribution in [3.8, 4) is 0 Å². The van der Waals surface area contributed by atoms with E-state index in [0.29, 0.717) is 11.1 Å². The second kappa shape index (κ2) is 6.06. The normalized spacial score (nSPS) is 11.5. The smallest absolute Gasteiger partial charge is 0.227 e. The molecule has 0 aromatic carbocycles. The van der Waals surface area contributed by atoms with Gasteiger partial charge in [-0.25, -0.2) is 9.97 Å². The van der Waals surface area contributed by atoms with E-state index < -0.39 is 0 Å². The standard InChI is InChI=1S/C14H20ClN3S/c1-5-6-7-18(4)14-16-12(15)10-8-11(9(2)3)19-13(10)17-14/h8-9H,5-7H2,1-4H3. The summed E-state index contributed by atoms with van der Waals surface area (Å²) in [6, 6.07) is 2.11. The van der Waals surface area contributed by atoms with Crippen LogP contribution in [-0.4, -0.2) is 23.6 Å². The lowest BCUT2D eigenvalue weighted by molar-refractivity contribution is 0.752. The average molecular weight is 298 g/mol. The van der Waals surface area contributed by atoms with Gasteiger partial charge in [0.05, 0.1) is 0 Å². The Labute approximate surface area is 123 Å². The van der Waals surface area contributed by atoms with Crippen LogP contribution in [0.25, 0.3) is 10.2 Å². The number of anilines is 1. The molecule has 3 nitrogen and oxygen atoms in total. The highest BCUT2D eigenvalue weighted by Gasteiger charge is 2.13. The Morgan fingerprint density at radius 2 is 2.11 bits per heavy atom. The molecule has 104 valence electrons. The largest absolute Gasteiger partial charge is 0.344 e. The van der Waals surface area contributed by atoms with Crippen molar-refractivity contribution in [1.29, 1.82) is 0 Å². The molecule has 0 aliphatic rings. The molecule has 0 saturated carbocycles. The first-order valence-electron chi connectivity index (χ1n) is 6.71. The number of thiophene rings is 1. The van der Waals surface area contributed by atoms with Gasteiger partial charge in [-0.05, 0) is 18.4 Å². The van der Waals surface area contributed by atoms with Gasteiger partial charge in [-0.1, -0.05) is 38.8 Å². The van der Waals surface area contributed by atoms with Gasteiger partial charge in [0.1, 0.15) is 9.98 Å². The quantitative estimate of drug-likeness (QED) is 0.749. The molecule has 0 N–H and O–H groups in total. The number of halogens is 1. The van der Waals surface area contributed by atoms with E-state index in [0.717, 1.165) is 35.6 Å². The molecule has 0 aliphatic heterocycles. The molecule has 0 saturated heterocycles. The monoisotopic (exact) mass is 297 g/mol. The molecule has 19 heavy (non-hydrogen) atoms. The van der Waals surface area contributed by atoms with E-state index in [1.807, 2.05) is 7.05 Å². The van der Waals surface area contributed by atoms with Crippen LogP contribution in [-0.2, 0) is 0 Å². The summed E-state index contributed by atoms with van der Waals surface area (Å²) in [5, 5.41) is 1.54. The average Bonchev–Trinajstić information content (AvgIpc) is 2.80. The molecule has 2 aromatic rings. The van der Waals surface area contributed by atoms with Gasteiger partial charge in [0.25, 0.3) is 0 Å². The number of aromatic nitrogens is 2. The summed E-state index contributed by atoms with van der Waals surface area (Å²) in [6.45, 7) is 7.50. The fourth-order valence-corrected chi connectivity index (χ4v) is 3.15. The predicted octanol–water partition coefficient (Wildman–Crippen LogP) is 4.70. The zero-order valence-corrected chi connectivity index (χ0v) is 13.5. The number of hydrogen-bond acceptors (Lipinski definition) is 4. The van der Waals surface area contributed by atoms with Crippen LogP contribution in [0, 0.1) is 0 Å². The highest BCUT2D eigenvalue weighted by molar-refractivity contribution is 7.18. The second-order valence-corrected chi connectivity index (χ2v) is 6.53. The SMILES string of the molecule is CCCCN(C)c1nc(Cl)c2cc(C(C)C)sc2n1. The van der Waals surface area contributed by atoms with E-state index >= 15 is 0 Å². The van der Waals surface area contributed by atoms with Crippen molar-refractivity contribution in [2.45, 2.75) is 39.5 Å². The van der Waals surface area contributed by atoms with Crippen LogP contribution in [0.1, 0.15) is 44.4 Å². The molecule has 0 radical (unpaired) electrons. The molecule has 0 fully saturated rings. The lowest BCUT2D eigenvalue weighted by Crippen LogP contribution is -2.20. The van der Waals surface area contributed by atoms with Crippen molar-refractivity contribution in [3.05, 3.63) is 16.1 Å². The van der Waals surface area contributed by atoms with Crippen molar-refractivity contribution in [2.75, 3.05) is 18.5 Å². The summed E-state index contributed by atoms with van der Waals surface area (Å²) >= 11 is 8.00. The van der Waals surface area contributed by atoms with Crippen molar-refractivity contribution in [3.63, 3.8) is 0 Å². The highest BCUT2D eigenvalue weighted by Crippen LogP contribution is 2.33. The van der Waals surface area contributed by atoms with Gasteiger partial charge in [-0.15, -0.1) is 11.3 Å². The van der Waals surface area contributed by atoms with E-state index in [1.54, 1.807) is 11.3 Å². The van der Waals surface area contributed by atoms with Gasteiger partial charge in [0.2, 0.25) is 5.95 Å². The maximum atomic E-state index is 6.29. The molecule has 0 unspecified atom stereocenters. The number of fused-ring (bicyclic) bond motifs is 1. The molecule has 0 aliphatic carbocycles. The molecular formula is C14H20ClN3S. The van der Waals surface area contributed by atoms with Gasteiger partial charge in [0, 0.05) is 23.9 Å². The molecule has 0 spiro atoms. The Bertz CT molecular complexity index is 565. The summed E-state index contributed by atoms with van der Waals surface area (Å²) in [5.41, 5.74) is 0. The number of rotatable bonds is 5. The minimum atomic E-state index is 0.497. The van der Waals surface area contributed by atoms with Crippen LogP contribution in [0.5, 0.6) is 0 Å². The zero-order chi connectivity index (χ0) is 14.0. The maximum absolute atomic E-state index is 6.29. The first kappa shape index (κ1) is 14.5. The van der Waals surface area contributed by atoms with Gasteiger partial charge < -0.3 is 4.90 Å². The third-order valence-corrected chi connectivity index (χ3v) is 4.73. The van der Waals surface area contributed by atoms with Crippen molar-refractivity contribution in [2.24, 2.45) is 0 Å². The molecule has 5 heteroatoms. The van der Waals surface area contributed by atoms with Gasteiger partial charge in [-0.2, -0.15) is 0 Å². The van der Waals surface area contributed by atoms with E-state index in [4.69, 9.17) is 11.6 Å². The Hall–Kier alpha value is -0.870. The van der Waals surface area contributed by atoms with E-state index in [1.165, 1.54) is 4.88 Å². The van der Waals surface area contributed by atoms with Crippen LogP contribution < -0.4 is 4.90 Å². The Morgan fingerprint density at radius 3 is 2.74 bits per heavy atom. The van der Waals surface area contributed by atoms with Gasteiger partial charge >= 0.3 is 0 Å². The minimum Gasteiger partial charge on any atom is -0.344 e. The summed E-state index contributed by atoms with van der Waals surface area (Å²) in [7, 11) is 2.02. The third-order valence-electron chi connectivity index (χ3n) is 3.11. The van der Waals surface area contributed by atoms with E-state index in [-0.39, 0.29) is 0 Å². The molecule has 0 bridgehead atoms. The van der Waals surface area contributed by atoms with Crippen molar-refractivity contribution >= 4 is 39.1 Å². The third kappa shape index (κ3) is 3.18. The molecule has 2 aromatic heterocycles. The summed E-state index contributed by atoms with van der Waals surface area (Å²) < 4.78 is 0. The Balaban J connectivity index is 2.37. The van der Waals surface area contributed by atoms with Crippen LogP contribution in [0.2, 0.25) is 5.15 Å². The topological polar surface area (TPSA) is 29.0 Å². The number of nitrogens with zero attached hydrogens (tertiary/aromatic N) is 3. The van der Waals surface area contributed by atoms with Crippen molar-refractivity contribution in [1.82, 2.24) is 9.97 Å². The molecule has 2 heterocycles. The number of unbranched alkanes of at least 4 members (excludes halogenated alkanes) is 1. The van der Waals surface area contributed by atoms with E-state index in [9.17, 15) is 0 Å². The molecule has 0 amide bonds. The highest BCUT2D eigenvalue weighted by atomic mass is 35.5. The minimum absolute atomic E-state index is 0.497. The summed E-state index contributed by atoms with van der Waals surface area (Å²) in [4.78, 5) is 13.4. The predicted molar refractivity (Wildman–Crippen MR) is 84.7 cm³/mol. The van der Waals surface area contributed by atoms with Crippen LogP contribution in [0.4, 0.5) is 5.95 Å².